The Labute approximate surface area is 109 Å². The summed E-state index contributed by atoms with van der Waals surface area (Å²) in [7, 11) is 0. The van der Waals surface area contributed by atoms with Gasteiger partial charge in [-0.05, 0) is 56.7 Å². The molecule has 0 saturated carbocycles. The summed E-state index contributed by atoms with van der Waals surface area (Å²) in [4.78, 5) is 2.94. The number of hydrogen-bond acceptors (Lipinski definition) is 2. The topological polar surface area (TPSA) is 24.7 Å². The van der Waals surface area contributed by atoms with E-state index in [4.69, 9.17) is 5.11 Å². The lowest BCUT2D eigenvalue weighted by Gasteiger charge is -2.14. The predicted octanol–water partition coefficient (Wildman–Crippen LogP) is 2.19. The second-order valence-corrected chi connectivity index (χ2v) is 5.42. The summed E-state index contributed by atoms with van der Waals surface area (Å²) in [6, 6.07) is 7.47. The molecule has 0 amide bonds. The summed E-state index contributed by atoms with van der Waals surface area (Å²) >= 11 is 1.88. The van der Waals surface area contributed by atoms with Crippen LogP contribution in [0, 0.1) is 0 Å². The van der Waals surface area contributed by atoms with E-state index in [1.54, 1.807) is 17.0 Å². The molecule has 0 fully saturated rings. The Kier molecular flexibility index (Phi) is 7.13. The summed E-state index contributed by atoms with van der Waals surface area (Å²) in [5.74, 6) is 1.52. The van der Waals surface area contributed by atoms with Gasteiger partial charge in [0, 0.05) is 4.90 Å². The highest BCUT2D eigenvalue weighted by atomic mass is 32.2. The summed E-state index contributed by atoms with van der Waals surface area (Å²) < 4.78 is 0. The number of quaternary nitrogens is 1. The maximum atomic E-state index is 9.17. The molecule has 2 nitrogen and oxygen atoms in total. The molecule has 0 spiro atoms. The minimum absolute atomic E-state index is 0.347. The molecular formula is C14H24NOS+. The smallest absolute Gasteiger partial charge is 0.115 e. The monoisotopic (exact) mass is 254 g/mol. The second-order valence-electron chi connectivity index (χ2n) is 4.26. The van der Waals surface area contributed by atoms with Crippen LogP contribution in [0.5, 0.6) is 5.75 Å². The molecule has 0 aliphatic carbocycles. The molecule has 1 rings (SSSR count). The van der Waals surface area contributed by atoms with Gasteiger partial charge in [0.25, 0.3) is 0 Å². The number of phenolic OH excluding ortho intramolecular Hbond substituents is 1. The molecule has 0 aliphatic rings. The number of unbranched alkanes of at least 4 members (excludes halogenated alkanes) is 1. The predicted molar refractivity (Wildman–Crippen MR) is 75.0 cm³/mol. The van der Waals surface area contributed by atoms with Crippen molar-refractivity contribution in [2.24, 2.45) is 0 Å². The zero-order valence-corrected chi connectivity index (χ0v) is 11.7. The van der Waals surface area contributed by atoms with Gasteiger partial charge in [-0.25, -0.2) is 0 Å². The normalized spacial score (nSPS) is 11.0. The van der Waals surface area contributed by atoms with E-state index < -0.39 is 0 Å². The minimum Gasteiger partial charge on any atom is -0.508 e. The molecule has 17 heavy (non-hydrogen) atoms. The van der Waals surface area contributed by atoms with Gasteiger partial charge in [-0.3, -0.25) is 0 Å². The third-order valence-electron chi connectivity index (χ3n) is 3.03. The van der Waals surface area contributed by atoms with Crippen LogP contribution in [-0.4, -0.2) is 30.5 Å². The number of aromatic hydroxyl groups is 1. The van der Waals surface area contributed by atoms with E-state index >= 15 is 0 Å². The van der Waals surface area contributed by atoms with Crippen molar-refractivity contribution in [3.05, 3.63) is 24.3 Å². The maximum Gasteiger partial charge on any atom is 0.115 e. The van der Waals surface area contributed by atoms with E-state index in [-0.39, 0.29) is 0 Å². The highest BCUT2D eigenvalue weighted by molar-refractivity contribution is 7.99. The van der Waals surface area contributed by atoms with Crippen molar-refractivity contribution in [1.82, 2.24) is 0 Å². The maximum absolute atomic E-state index is 9.17. The Morgan fingerprint density at radius 1 is 1.06 bits per heavy atom. The molecule has 0 unspecified atom stereocenters. The van der Waals surface area contributed by atoms with Crippen LogP contribution >= 0.6 is 11.8 Å². The lowest BCUT2D eigenvalue weighted by molar-refractivity contribution is -0.896. The Morgan fingerprint density at radius 3 is 2.29 bits per heavy atom. The standard InChI is InChI=1S/C14H23NOS/c1-3-15(4-2)11-5-6-12-17-14-9-7-13(16)8-10-14/h7-10,16H,3-6,11-12H2,1-2H3/p+1. The average Bonchev–Trinajstić information content (AvgIpc) is 2.36. The van der Waals surface area contributed by atoms with E-state index in [0.717, 1.165) is 0 Å². The van der Waals surface area contributed by atoms with Gasteiger partial charge in [0.05, 0.1) is 19.6 Å². The van der Waals surface area contributed by atoms with Gasteiger partial charge in [-0.15, -0.1) is 11.8 Å². The fraction of sp³-hybridized carbons (Fsp3) is 0.571. The summed E-state index contributed by atoms with van der Waals surface area (Å²) in [5.41, 5.74) is 0. The number of hydrogen-bond donors (Lipinski definition) is 2. The van der Waals surface area contributed by atoms with Crippen LogP contribution < -0.4 is 4.90 Å². The molecule has 0 bridgehead atoms. The molecule has 3 heteroatoms. The van der Waals surface area contributed by atoms with Crippen LogP contribution in [0.25, 0.3) is 0 Å². The third-order valence-corrected chi connectivity index (χ3v) is 4.13. The number of phenols is 1. The first-order valence-corrected chi connectivity index (χ1v) is 7.50. The van der Waals surface area contributed by atoms with Crippen LogP contribution in [-0.2, 0) is 0 Å². The Balaban J connectivity index is 2.10. The third kappa shape index (κ3) is 5.99. The van der Waals surface area contributed by atoms with Gasteiger partial charge >= 0.3 is 0 Å². The van der Waals surface area contributed by atoms with Crippen molar-refractivity contribution in [3.63, 3.8) is 0 Å². The molecule has 2 N–H and O–H groups in total. The molecule has 0 aliphatic heterocycles. The highest BCUT2D eigenvalue weighted by Crippen LogP contribution is 2.21. The minimum atomic E-state index is 0.347. The van der Waals surface area contributed by atoms with Crippen molar-refractivity contribution in [2.75, 3.05) is 25.4 Å². The summed E-state index contributed by atoms with van der Waals surface area (Å²) in [6.07, 6.45) is 2.58. The van der Waals surface area contributed by atoms with Crippen LogP contribution in [0.3, 0.4) is 0 Å². The van der Waals surface area contributed by atoms with Crippen molar-refractivity contribution in [2.45, 2.75) is 31.6 Å². The SMILES string of the molecule is CC[NH+](CC)CCCCSc1ccc(O)cc1. The molecule has 0 atom stereocenters. The van der Waals surface area contributed by atoms with Gasteiger partial charge < -0.3 is 10.0 Å². The van der Waals surface area contributed by atoms with Gasteiger partial charge in [-0.2, -0.15) is 0 Å². The fourth-order valence-electron chi connectivity index (χ4n) is 1.81. The van der Waals surface area contributed by atoms with Crippen LogP contribution in [0.2, 0.25) is 0 Å². The number of benzene rings is 1. The number of rotatable bonds is 8. The van der Waals surface area contributed by atoms with Crippen molar-refractivity contribution in [3.8, 4) is 5.75 Å². The second kappa shape index (κ2) is 8.43. The van der Waals surface area contributed by atoms with Gasteiger partial charge in [0.15, 0.2) is 0 Å². The number of nitrogens with one attached hydrogen (secondary N) is 1. The van der Waals surface area contributed by atoms with Gasteiger partial charge in [0.1, 0.15) is 5.75 Å². The quantitative estimate of drug-likeness (QED) is 0.549. The van der Waals surface area contributed by atoms with Crippen LogP contribution in [0.1, 0.15) is 26.7 Å². The summed E-state index contributed by atoms with van der Waals surface area (Å²) in [5, 5.41) is 9.17. The highest BCUT2D eigenvalue weighted by Gasteiger charge is 2.01. The first kappa shape index (κ1) is 14.4. The van der Waals surface area contributed by atoms with Crippen molar-refractivity contribution in [1.29, 1.82) is 0 Å². The first-order valence-electron chi connectivity index (χ1n) is 6.51. The van der Waals surface area contributed by atoms with Crippen molar-refractivity contribution >= 4 is 11.8 Å². The first-order chi connectivity index (χ1) is 8.26. The van der Waals surface area contributed by atoms with E-state index in [2.05, 4.69) is 13.8 Å². The Hall–Kier alpha value is -0.670. The van der Waals surface area contributed by atoms with Crippen molar-refractivity contribution < 1.29 is 10.0 Å². The molecule has 0 radical (unpaired) electrons. The molecule has 96 valence electrons. The largest absolute Gasteiger partial charge is 0.508 e. The molecule has 0 aromatic heterocycles. The number of thioether (sulfide) groups is 1. The molecule has 1 aromatic rings. The lowest BCUT2D eigenvalue weighted by Crippen LogP contribution is -3.11. The zero-order chi connectivity index (χ0) is 12.5. The lowest BCUT2D eigenvalue weighted by atomic mass is 10.3. The van der Waals surface area contributed by atoms with E-state index in [9.17, 15) is 0 Å². The molecule has 1 aromatic carbocycles. The van der Waals surface area contributed by atoms with Crippen LogP contribution in [0.15, 0.2) is 29.2 Å². The molecule has 0 heterocycles. The molecular weight excluding hydrogens is 230 g/mol. The van der Waals surface area contributed by atoms with Crippen LogP contribution in [0.4, 0.5) is 0 Å². The van der Waals surface area contributed by atoms with Gasteiger partial charge in [-0.1, -0.05) is 0 Å². The van der Waals surface area contributed by atoms with E-state index in [1.165, 1.54) is 43.1 Å². The molecule has 0 saturated heterocycles. The zero-order valence-electron chi connectivity index (χ0n) is 10.9. The fourth-order valence-corrected chi connectivity index (χ4v) is 2.73. The Bertz CT molecular complexity index is 296. The van der Waals surface area contributed by atoms with Gasteiger partial charge in [0.2, 0.25) is 0 Å². The van der Waals surface area contributed by atoms with E-state index in [1.807, 2.05) is 23.9 Å². The average molecular weight is 254 g/mol. The summed E-state index contributed by atoms with van der Waals surface area (Å²) in [6.45, 7) is 8.28. The van der Waals surface area contributed by atoms with E-state index in [0.29, 0.717) is 5.75 Å². The Morgan fingerprint density at radius 2 is 1.71 bits per heavy atom.